The standard InChI is InChI=1S/C10H10F3NO2/c1-2-3-16-10(15)7-5(11)4-6(12)8(13)9(7)14/h4H,2-3,14H2,1H3. The van der Waals surface area contributed by atoms with E-state index in [0.29, 0.717) is 6.42 Å². The fourth-order valence-corrected chi connectivity index (χ4v) is 1.09. The first-order chi connectivity index (χ1) is 7.49. The minimum atomic E-state index is -1.45. The van der Waals surface area contributed by atoms with Gasteiger partial charge in [-0.2, -0.15) is 0 Å². The average Bonchev–Trinajstić information content (AvgIpc) is 2.23. The Morgan fingerprint density at radius 3 is 2.56 bits per heavy atom. The molecule has 16 heavy (non-hydrogen) atoms. The van der Waals surface area contributed by atoms with Crippen molar-refractivity contribution in [2.45, 2.75) is 13.3 Å². The molecule has 0 saturated carbocycles. The van der Waals surface area contributed by atoms with Gasteiger partial charge in [-0.15, -0.1) is 0 Å². The molecule has 0 fully saturated rings. The molecule has 0 radical (unpaired) electrons. The zero-order valence-corrected chi connectivity index (χ0v) is 8.52. The number of esters is 1. The molecule has 1 rings (SSSR count). The molecule has 0 bridgehead atoms. The van der Waals surface area contributed by atoms with Gasteiger partial charge < -0.3 is 10.5 Å². The highest BCUT2D eigenvalue weighted by atomic mass is 19.2. The summed E-state index contributed by atoms with van der Waals surface area (Å²) in [6.07, 6.45) is 0.525. The first-order valence-corrected chi connectivity index (χ1v) is 4.59. The van der Waals surface area contributed by atoms with Crippen LogP contribution in [0.4, 0.5) is 18.9 Å². The molecule has 0 aliphatic heterocycles. The van der Waals surface area contributed by atoms with Crippen molar-refractivity contribution in [3.8, 4) is 0 Å². The number of rotatable bonds is 3. The van der Waals surface area contributed by atoms with Crippen LogP contribution in [0.15, 0.2) is 6.07 Å². The predicted molar refractivity (Wildman–Crippen MR) is 51.3 cm³/mol. The molecule has 0 atom stereocenters. The van der Waals surface area contributed by atoms with E-state index >= 15 is 0 Å². The molecule has 2 N–H and O–H groups in total. The maximum atomic E-state index is 13.2. The fraction of sp³-hybridized carbons (Fsp3) is 0.300. The van der Waals surface area contributed by atoms with Crippen molar-refractivity contribution in [2.24, 2.45) is 0 Å². The van der Waals surface area contributed by atoms with Crippen LogP contribution in [0, 0.1) is 17.5 Å². The molecule has 0 aliphatic rings. The lowest BCUT2D eigenvalue weighted by molar-refractivity contribution is 0.0500. The molecule has 1 aromatic carbocycles. The van der Waals surface area contributed by atoms with Gasteiger partial charge in [-0.1, -0.05) is 6.92 Å². The molecule has 0 saturated heterocycles. The van der Waals surface area contributed by atoms with Crippen molar-refractivity contribution in [1.29, 1.82) is 0 Å². The van der Waals surface area contributed by atoms with Gasteiger partial charge in [0.25, 0.3) is 0 Å². The smallest absolute Gasteiger partial charge is 0.343 e. The second-order valence-corrected chi connectivity index (χ2v) is 3.08. The summed E-state index contributed by atoms with van der Waals surface area (Å²) in [4.78, 5) is 11.3. The van der Waals surface area contributed by atoms with Gasteiger partial charge in [0.1, 0.15) is 11.4 Å². The number of hydrogen-bond acceptors (Lipinski definition) is 3. The van der Waals surface area contributed by atoms with Crippen molar-refractivity contribution >= 4 is 11.7 Å². The number of anilines is 1. The Morgan fingerprint density at radius 2 is 2.00 bits per heavy atom. The summed E-state index contributed by atoms with van der Waals surface area (Å²) in [5.41, 5.74) is 3.45. The van der Waals surface area contributed by atoms with E-state index in [9.17, 15) is 18.0 Å². The Balaban J connectivity index is 3.13. The zero-order chi connectivity index (χ0) is 12.3. The monoisotopic (exact) mass is 233 g/mol. The molecule has 0 unspecified atom stereocenters. The van der Waals surface area contributed by atoms with Crippen molar-refractivity contribution in [2.75, 3.05) is 12.3 Å². The summed E-state index contributed by atoms with van der Waals surface area (Å²) >= 11 is 0. The molecule has 0 aliphatic carbocycles. The van der Waals surface area contributed by atoms with Crippen LogP contribution in [0.3, 0.4) is 0 Å². The van der Waals surface area contributed by atoms with Gasteiger partial charge in [0.15, 0.2) is 11.6 Å². The molecule has 0 heterocycles. The minimum Gasteiger partial charge on any atom is -0.462 e. The number of carbonyl (C=O) groups is 1. The summed E-state index contributed by atoms with van der Waals surface area (Å²) in [6.45, 7) is 1.79. The lowest BCUT2D eigenvalue weighted by Crippen LogP contribution is -2.13. The maximum Gasteiger partial charge on any atom is 0.343 e. The molecule has 88 valence electrons. The third-order valence-electron chi connectivity index (χ3n) is 1.85. The Bertz CT molecular complexity index is 421. The summed E-state index contributed by atoms with van der Waals surface area (Å²) in [5, 5.41) is 0. The predicted octanol–water partition coefficient (Wildman–Crippen LogP) is 2.25. The van der Waals surface area contributed by atoms with Crippen molar-refractivity contribution in [3.05, 3.63) is 29.1 Å². The van der Waals surface area contributed by atoms with Crippen LogP contribution in [0.1, 0.15) is 23.7 Å². The van der Waals surface area contributed by atoms with Crippen molar-refractivity contribution < 1.29 is 22.7 Å². The number of nitrogen functional groups attached to an aromatic ring is 1. The maximum absolute atomic E-state index is 13.2. The Hall–Kier alpha value is -1.72. The van der Waals surface area contributed by atoms with Crippen LogP contribution in [0.2, 0.25) is 0 Å². The lowest BCUT2D eigenvalue weighted by atomic mass is 10.1. The van der Waals surface area contributed by atoms with Gasteiger partial charge in [0, 0.05) is 6.07 Å². The highest BCUT2D eigenvalue weighted by Crippen LogP contribution is 2.23. The molecule has 0 aromatic heterocycles. The summed E-state index contributed by atoms with van der Waals surface area (Å²) in [6, 6.07) is 0.258. The topological polar surface area (TPSA) is 52.3 Å². The number of carbonyl (C=O) groups excluding carboxylic acids is 1. The number of ether oxygens (including phenoxy) is 1. The minimum absolute atomic E-state index is 0.0523. The van der Waals surface area contributed by atoms with E-state index in [4.69, 9.17) is 5.73 Å². The number of halogens is 3. The lowest BCUT2D eigenvalue weighted by Gasteiger charge is -2.08. The second kappa shape index (κ2) is 4.87. The summed E-state index contributed by atoms with van der Waals surface area (Å²) in [5.74, 6) is -5.24. The Labute approximate surface area is 90.0 Å². The number of benzene rings is 1. The van der Waals surface area contributed by atoms with Crippen LogP contribution in [0.5, 0.6) is 0 Å². The second-order valence-electron chi connectivity index (χ2n) is 3.08. The largest absolute Gasteiger partial charge is 0.462 e. The van der Waals surface area contributed by atoms with Crippen LogP contribution < -0.4 is 5.73 Å². The average molecular weight is 233 g/mol. The highest BCUT2D eigenvalue weighted by molar-refractivity contribution is 5.95. The molecule has 0 spiro atoms. The molecular formula is C10H10F3NO2. The van der Waals surface area contributed by atoms with Crippen molar-refractivity contribution in [3.63, 3.8) is 0 Å². The molecule has 6 heteroatoms. The summed E-state index contributed by atoms with van der Waals surface area (Å²) in [7, 11) is 0. The third kappa shape index (κ3) is 2.26. The van der Waals surface area contributed by atoms with E-state index < -0.39 is 34.7 Å². The van der Waals surface area contributed by atoms with Crippen LogP contribution in [-0.2, 0) is 4.74 Å². The third-order valence-corrected chi connectivity index (χ3v) is 1.85. The zero-order valence-electron chi connectivity index (χ0n) is 8.52. The number of nitrogens with two attached hydrogens (primary N) is 1. The molecule has 3 nitrogen and oxygen atoms in total. The van der Waals surface area contributed by atoms with E-state index in [2.05, 4.69) is 4.74 Å². The van der Waals surface area contributed by atoms with Crippen LogP contribution in [0.25, 0.3) is 0 Å². The van der Waals surface area contributed by atoms with Gasteiger partial charge in [-0.3, -0.25) is 0 Å². The normalized spacial score (nSPS) is 10.2. The number of hydrogen-bond donors (Lipinski definition) is 1. The van der Waals surface area contributed by atoms with E-state index in [0.717, 1.165) is 0 Å². The Morgan fingerprint density at radius 1 is 1.38 bits per heavy atom. The first-order valence-electron chi connectivity index (χ1n) is 4.59. The quantitative estimate of drug-likeness (QED) is 0.495. The van der Waals surface area contributed by atoms with Crippen molar-refractivity contribution in [1.82, 2.24) is 0 Å². The highest BCUT2D eigenvalue weighted by Gasteiger charge is 2.23. The van der Waals surface area contributed by atoms with E-state index in [1.54, 1.807) is 6.92 Å². The van der Waals surface area contributed by atoms with Gasteiger partial charge in [0.2, 0.25) is 0 Å². The SMILES string of the molecule is CCCOC(=O)c1c(F)cc(F)c(F)c1N. The fourth-order valence-electron chi connectivity index (χ4n) is 1.09. The van der Waals surface area contributed by atoms with Crippen LogP contribution >= 0.6 is 0 Å². The van der Waals surface area contributed by atoms with E-state index in [-0.39, 0.29) is 12.7 Å². The summed E-state index contributed by atoms with van der Waals surface area (Å²) < 4.78 is 43.4. The van der Waals surface area contributed by atoms with Gasteiger partial charge in [-0.05, 0) is 6.42 Å². The van der Waals surface area contributed by atoms with Gasteiger partial charge in [0.05, 0.1) is 12.3 Å². The van der Waals surface area contributed by atoms with Gasteiger partial charge in [-0.25, -0.2) is 18.0 Å². The van der Waals surface area contributed by atoms with E-state index in [1.807, 2.05) is 0 Å². The molecular weight excluding hydrogens is 223 g/mol. The van der Waals surface area contributed by atoms with Gasteiger partial charge >= 0.3 is 5.97 Å². The first kappa shape index (κ1) is 12.4. The molecule has 1 aromatic rings. The molecule has 0 amide bonds. The Kier molecular flexibility index (Phi) is 3.76. The van der Waals surface area contributed by atoms with Crippen LogP contribution in [-0.4, -0.2) is 12.6 Å². The van der Waals surface area contributed by atoms with E-state index in [1.165, 1.54) is 0 Å².